The zero-order valence-electron chi connectivity index (χ0n) is 38.0. The Hall–Kier alpha value is -1.17. The fourth-order valence-electron chi connectivity index (χ4n) is 6.70. The fourth-order valence-corrected chi connectivity index (χ4v) is 10.4. The summed E-state index contributed by atoms with van der Waals surface area (Å²) in [6.45, 7) is 44.8. The number of rotatable bonds is 18. The van der Waals surface area contributed by atoms with Crippen molar-refractivity contribution in [3.8, 4) is 0 Å². The van der Waals surface area contributed by atoms with Crippen LogP contribution in [0.25, 0.3) is 0 Å². The van der Waals surface area contributed by atoms with E-state index in [4.69, 9.17) is 18.0 Å². The van der Waals surface area contributed by atoms with Crippen molar-refractivity contribution >= 4 is 36.3 Å². The average molecular weight is 823 g/mol. The number of hydrogen-bond acceptors (Lipinski definition) is 9. The van der Waals surface area contributed by atoms with Crippen molar-refractivity contribution in [3.05, 3.63) is 33.9 Å². The molecule has 2 saturated heterocycles. The summed E-state index contributed by atoms with van der Waals surface area (Å²) in [6, 6.07) is 5.73. The zero-order valence-corrected chi connectivity index (χ0v) is 41.0. The number of piperidine rings is 1. The molecule has 2 aliphatic heterocycles. The Balaban J connectivity index is 1.73. The van der Waals surface area contributed by atoms with Gasteiger partial charge >= 0.3 is 0 Å². The highest BCUT2D eigenvalue weighted by Gasteiger charge is 2.52. The van der Waals surface area contributed by atoms with Crippen LogP contribution >= 0.6 is 0 Å². The van der Waals surface area contributed by atoms with E-state index in [9.17, 15) is 10.1 Å². The molecule has 10 nitrogen and oxygen atoms in total. The lowest BCUT2D eigenvalue weighted by molar-refractivity contribution is -0.384. The first-order chi connectivity index (χ1) is 25.2. The number of hydrogen-bond donors (Lipinski definition) is 1. The van der Waals surface area contributed by atoms with E-state index >= 15 is 0 Å². The van der Waals surface area contributed by atoms with E-state index in [0.29, 0.717) is 44.5 Å². The first-order valence-electron chi connectivity index (χ1n) is 21.2. The molecule has 318 valence electrons. The number of benzene rings is 1. The Kier molecular flexibility index (Phi) is 16.9. The lowest BCUT2D eigenvalue weighted by atomic mass is 9.88. The predicted octanol–water partition coefficient (Wildman–Crippen LogP) is 10.5. The molecule has 2 fully saturated rings. The Labute approximate surface area is 339 Å². The minimum atomic E-state index is -2.17. The van der Waals surface area contributed by atoms with E-state index in [1.54, 1.807) is 6.07 Å². The van der Waals surface area contributed by atoms with Gasteiger partial charge in [-0.2, -0.15) is 0 Å². The molecule has 0 unspecified atom stereocenters. The van der Waals surface area contributed by atoms with Gasteiger partial charge in [0.25, 0.3) is 5.69 Å². The van der Waals surface area contributed by atoms with Crippen LogP contribution in [0.3, 0.4) is 0 Å². The van der Waals surface area contributed by atoms with Gasteiger partial charge in [0, 0.05) is 38.8 Å². The summed E-state index contributed by atoms with van der Waals surface area (Å²) in [7, 11) is -6.28. The number of ether oxygens (including phenoxy) is 1. The molecule has 1 N–H and O–H groups in total. The Morgan fingerprint density at radius 1 is 0.818 bits per heavy atom. The number of anilines is 1. The van der Waals surface area contributed by atoms with Crippen LogP contribution < -0.4 is 5.32 Å². The minimum Gasteiger partial charge on any atom is -0.415 e. The first-order valence-corrected chi connectivity index (χ1v) is 29.9. The molecule has 4 atom stereocenters. The lowest BCUT2D eigenvalue weighted by Crippen LogP contribution is -2.66. The molecule has 2 aliphatic rings. The summed E-state index contributed by atoms with van der Waals surface area (Å²) >= 11 is 0. The molecule has 2 heterocycles. The average Bonchev–Trinajstić information content (AvgIpc) is 3.04. The van der Waals surface area contributed by atoms with Crippen molar-refractivity contribution in [1.29, 1.82) is 0 Å². The van der Waals surface area contributed by atoms with E-state index < -0.39 is 25.0 Å². The molecular formula is C42H82N4O6Si3. The maximum absolute atomic E-state index is 12.0. The van der Waals surface area contributed by atoms with E-state index in [0.717, 1.165) is 57.4 Å². The van der Waals surface area contributed by atoms with Crippen molar-refractivity contribution < 1.29 is 22.9 Å². The molecule has 3 rings (SSSR count). The number of nitrogens with zero attached hydrogens (tertiary/aromatic N) is 3. The van der Waals surface area contributed by atoms with E-state index in [1.165, 1.54) is 0 Å². The van der Waals surface area contributed by atoms with Crippen LogP contribution in [0.2, 0.25) is 54.4 Å². The molecular weight excluding hydrogens is 741 g/mol. The number of unbranched alkanes of at least 4 members (excludes halogenated alkanes) is 3. The predicted molar refractivity (Wildman–Crippen MR) is 238 cm³/mol. The second-order valence-corrected chi connectivity index (χ2v) is 35.5. The normalized spacial score (nSPS) is 22.9. The third-order valence-electron chi connectivity index (χ3n) is 13.6. The molecule has 0 spiro atoms. The van der Waals surface area contributed by atoms with Crippen LogP contribution in [0.15, 0.2) is 18.2 Å². The number of nitro groups is 1. The van der Waals surface area contributed by atoms with Crippen molar-refractivity contribution in [2.75, 3.05) is 57.9 Å². The smallest absolute Gasteiger partial charge is 0.292 e. The van der Waals surface area contributed by atoms with Crippen molar-refractivity contribution in [3.63, 3.8) is 0 Å². The number of nitro benzene ring substituents is 1. The van der Waals surface area contributed by atoms with Gasteiger partial charge in [-0.1, -0.05) is 88.1 Å². The second-order valence-electron chi connectivity index (χ2n) is 21.1. The van der Waals surface area contributed by atoms with Crippen molar-refractivity contribution in [2.24, 2.45) is 5.92 Å². The second kappa shape index (κ2) is 19.3. The highest BCUT2D eigenvalue weighted by atomic mass is 28.4. The van der Waals surface area contributed by atoms with Gasteiger partial charge in [0.05, 0.1) is 43.0 Å². The van der Waals surface area contributed by atoms with Crippen LogP contribution in [-0.2, 0) is 24.6 Å². The molecule has 0 aromatic heterocycles. The van der Waals surface area contributed by atoms with Crippen molar-refractivity contribution in [1.82, 2.24) is 9.80 Å². The maximum atomic E-state index is 12.0. The largest absolute Gasteiger partial charge is 0.415 e. The van der Waals surface area contributed by atoms with Gasteiger partial charge in [0.2, 0.25) is 0 Å². The molecule has 55 heavy (non-hydrogen) atoms. The zero-order chi connectivity index (χ0) is 41.6. The monoisotopic (exact) mass is 823 g/mol. The maximum Gasteiger partial charge on any atom is 0.292 e. The Morgan fingerprint density at radius 3 is 1.91 bits per heavy atom. The number of likely N-dealkylation sites (tertiary alicyclic amines) is 1. The van der Waals surface area contributed by atoms with Crippen LogP contribution in [0, 0.1) is 16.0 Å². The molecule has 13 heteroatoms. The van der Waals surface area contributed by atoms with Crippen molar-refractivity contribution in [2.45, 2.75) is 174 Å². The summed E-state index contributed by atoms with van der Waals surface area (Å²) in [4.78, 5) is 16.7. The molecule has 1 aromatic carbocycles. The first kappa shape index (κ1) is 48.2. The SMILES string of the molecule is C[C@H]1CN(CCCCCCNc2ccc(CN3CCOCC3)cc2[N+](=O)[O-])[C@H](CO[Si](C)(C)C(C)(C)C)[C@@H](O[Si](C)(C)C(C)(C)C)[C@@H]1O[Si](C)(C)C(C)(C)C. The van der Waals surface area contributed by atoms with Gasteiger partial charge in [0.1, 0.15) is 5.69 Å². The molecule has 0 radical (unpaired) electrons. The van der Waals surface area contributed by atoms with Crippen LogP contribution in [0.4, 0.5) is 11.4 Å². The van der Waals surface area contributed by atoms with Gasteiger partial charge in [-0.15, -0.1) is 0 Å². The van der Waals surface area contributed by atoms with Gasteiger partial charge < -0.3 is 23.3 Å². The molecule has 0 amide bonds. The third-order valence-corrected chi connectivity index (χ3v) is 27.1. The minimum absolute atomic E-state index is 0.0165. The van der Waals surface area contributed by atoms with E-state index in [1.807, 2.05) is 12.1 Å². The highest BCUT2D eigenvalue weighted by molar-refractivity contribution is 6.75. The topological polar surface area (TPSA) is 98.6 Å². The number of morpholine rings is 1. The van der Waals surface area contributed by atoms with Gasteiger partial charge in [-0.25, -0.2) is 0 Å². The van der Waals surface area contributed by atoms with Gasteiger partial charge in [-0.05, 0) is 91.3 Å². The van der Waals surface area contributed by atoms with Gasteiger partial charge in [0.15, 0.2) is 25.0 Å². The summed E-state index contributed by atoms with van der Waals surface area (Å²) in [5, 5.41) is 15.6. The molecule has 0 bridgehead atoms. The summed E-state index contributed by atoms with van der Waals surface area (Å²) in [5.41, 5.74) is 1.72. The Morgan fingerprint density at radius 2 is 1.36 bits per heavy atom. The lowest BCUT2D eigenvalue weighted by Gasteiger charge is -2.54. The molecule has 0 saturated carbocycles. The highest BCUT2D eigenvalue weighted by Crippen LogP contribution is 2.44. The molecule has 0 aliphatic carbocycles. The summed E-state index contributed by atoms with van der Waals surface area (Å²) in [5.74, 6) is 0.327. The quantitative estimate of drug-likeness (QED) is 0.0672. The summed E-state index contributed by atoms with van der Waals surface area (Å²) < 4.78 is 27.4. The van der Waals surface area contributed by atoms with Crippen LogP contribution in [0.5, 0.6) is 0 Å². The standard InChI is InChI=1S/C42H82N4O6Si3/c1-33-30-45(24-20-18-17-19-23-43-35-22-21-34(29-36(35)46(47)48)31-44-25-27-49-28-26-44)37(32-50-53(11,12)40(2,3)4)39(52-55(15,16)42(8,9)10)38(33)51-54(13,14)41(5,6)7/h21-22,29,33,37-39,43H,17-20,23-28,30-32H2,1-16H3/t33-,37+,38+,39+/m0/s1. The fraction of sp³-hybridized carbons (Fsp3) is 0.857. The van der Waals surface area contributed by atoms with E-state index in [-0.39, 0.29) is 44.0 Å². The molecule has 1 aromatic rings. The third kappa shape index (κ3) is 13.4. The van der Waals surface area contributed by atoms with Crippen LogP contribution in [0.1, 0.15) is 100 Å². The van der Waals surface area contributed by atoms with Crippen LogP contribution in [-0.4, -0.2) is 110 Å². The Bertz CT molecular complexity index is 1370. The summed E-state index contributed by atoms with van der Waals surface area (Å²) in [6.07, 6.45) is 4.15. The van der Waals surface area contributed by atoms with E-state index in [2.05, 4.69) is 124 Å². The number of nitrogens with one attached hydrogen (secondary N) is 1. The van der Waals surface area contributed by atoms with Gasteiger partial charge in [-0.3, -0.25) is 19.9 Å².